The fourth-order valence-corrected chi connectivity index (χ4v) is 2.82. The van der Waals surface area contributed by atoms with Crippen LogP contribution in [0.1, 0.15) is 17.1 Å². The van der Waals surface area contributed by atoms with Crippen LogP contribution in [-0.4, -0.2) is 18.4 Å². The number of rotatable bonds is 4. The standard InChI is InChI=1S/C12H16N4O2S/c1-8-3-4-12(9(2)15-8)16-19(17,18)11-5-10(6-13)14-7-11/h3-5,7,14,16H,6,13H2,1-2H3. The van der Waals surface area contributed by atoms with Crippen molar-refractivity contribution in [2.45, 2.75) is 25.3 Å². The number of hydrogen-bond acceptors (Lipinski definition) is 4. The van der Waals surface area contributed by atoms with E-state index in [4.69, 9.17) is 5.73 Å². The van der Waals surface area contributed by atoms with E-state index in [1.165, 1.54) is 12.3 Å². The molecule has 7 heteroatoms. The van der Waals surface area contributed by atoms with Crippen molar-refractivity contribution in [2.24, 2.45) is 5.73 Å². The highest BCUT2D eigenvalue weighted by molar-refractivity contribution is 7.92. The third-order valence-corrected chi connectivity index (χ3v) is 4.06. The van der Waals surface area contributed by atoms with Crippen LogP contribution < -0.4 is 10.5 Å². The van der Waals surface area contributed by atoms with Crippen molar-refractivity contribution in [3.63, 3.8) is 0 Å². The van der Waals surface area contributed by atoms with E-state index in [9.17, 15) is 8.42 Å². The Balaban J connectivity index is 2.30. The molecular formula is C12H16N4O2S. The molecule has 0 radical (unpaired) electrons. The lowest BCUT2D eigenvalue weighted by Gasteiger charge is -2.09. The topological polar surface area (TPSA) is 101 Å². The normalized spacial score (nSPS) is 11.5. The molecule has 0 saturated heterocycles. The van der Waals surface area contributed by atoms with Crippen LogP contribution >= 0.6 is 0 Å². The predicted octanol–water partition coefficient (Wildman–Crippen LogP) is 1.29. The third-order valence-electron chi connectivity index (χ3n) is 2.72. The smallest absolute Gasteiger partial charge is 0.263 e. The molecular weight excluding hydrogens is 264 g/mol. The molecule has 102 valence electrons. The van der Waals surface area contributed by atoms with Crippen LogP contribution in [0.2, 0.25) is 0 Å². The van der Waals surface area contributed by atoms with Crippen molar-refractivity contribution >= 4 is 15.7 Å². The van der Waals surface area contributed by atoms with E-state index in [-0.39, 0.29) is 11.4 Å². The number of aromatic amines is 1. The Bertz CT molecular complexity index is 692. The summed E-state index contributed by atoms with van der Waals surface area (Å²) in [6.45, 7) is 3.87. The quantitative estimate of drug-likeness (QED) is 0.785. The van der Waals surface area contributed by atoms with E-state index in [0.717, 1.165) is 5.69 Å². The van der Waals surface area contributed by atoms with Gasteiger partial charge in [-0.05, 0) is 32.0 Å². The van der Waals surface area contributed by atoms with Crippen LogP contribution in [0.5, 0.6) is 0 Å². The number of nitrogens with one attached hydrogen (secondary N) is 2. The molecule has 2 heterocycles. The number of pyridine rings is 1. The van der Waals surface area contributed by atoms with Gasteiger partial charge < -0.3 is 10.7 Å². The third kappa shape index (κ3) is 2.94. The first kappa shape index (κ1) is 13.6. The zero-order valence-corrected chi connectivity index (χ0v) is 11.6. The van der Waals surface area contributed by atoms with Crippen LogP contribution in [0.4, 0.5) is 5.69 Å². The lowest BCUT2D eigenvalue weighted by Crippen LogP contribution is -2.13. The summed E-state index contributed by atoms with van der Waals surface area (Å²) < 4.78 is 26.9. The highest BCUT2D eigenvalue weighted by Crippen LogP contribution is 2.19. The number of nitrogens with two attached hydrogens (primary N) is 1. The van der Waals surface area contributed by atoms with Gasteiger partial charge >= 0.3 is 0 Å². The molecule has 19 heavy (non-hydrogen) atoms. The fraction of sp³-hybridized carbons (Fsp3) is 0.250. The number of hydrogen-bond donors (Lipinski definition) is 3. The minimum absolute atomic E-state index is 0.160. The lowest BCUT2D eigenvalue weighted by atomic mass is 10.3. The summed E-state index contributed by atoms with van der Waals surface area (Å²) in [5, 5.41) is 0. The minimum Gasteiger partial charge on any atom is -0.363 e. The first-order valence-corrected chi connectivity index (χ1v) is 7.25. The van der Waals surface area contributed by atoms with Gasteiger partial charge in [0.05, 0.1) is 11.4 Å². The summed E-state index contributed by atoms with van der Waals surface area (Å²) in [4.78, 5) is 7.19. The van der Waals surface area contributed by atoms with Gasteiger partial charge in [0.2, 0.25) is 0 Å². The first-order chi connectivity index (χ1) is 8.92. The summed E-state index contributed by atoms with van der Waals surface area (Å²) in [6.07, 6.45) is 1.42. The van der Waals surface area contributed by atoms with Crippen molar-refractivity contribution in [1.29, 1.82) is 0 Å². The molecule has 2 aromatic rings. The second-order valence-electron chi connectivity index (χ2n) is 4.26. The van der Waals surface area contributed by atoms with Crippen molar-refractivity contribution < 1.29 is 8.42 Å². The molecule has 6 nitrogen and oxygen atoms in total. The summed E-state index contributed by atoms with van der Waals surface area (Å²) in [6, 6.07) is 4.97. The summed E-state index contributed by atoms with van der Waals surface area (Å²) in [5.41, 5.74) is 8.06. The van der Waals surface area contributed by atoms with Gasteiger partial charge in [-0.25, -0.2) is 8.42 Å². The van der Waals surface area contributed by atoms with Gasteiger partial charge in [-0.2, -0.15) is 0 Å². The molecule has 2 aromatic heterocycles. The highest BCUT2D eigenvalue weighted by atomic mass is 32.2. The summed E-state index contributed by atoms with van der Waals surface area (Å²) in [7, 11) is -3.61. The Morgan fingerprint density at radius 3 is 2.68 bits per heavy atom. The number of aryl methyl sites for hydroxylation is 2. The molecule has 0 fully saturated rings. The largest absolute Gasteiger partial charge is 0.363 e. The van der Waals surface area contributed by atoms with Crippen LogP contribution in [0, 0.1) is 13.8 Å². The van der Waals surface area contributed by atoms with Crippen LogP contribution in [-0.2, 0) is 16.6 Å². The number of anilines is 1. The fourth-order valence-electron chi connectivity index (χ4n) is 1.69. The molecule has 4 N–H and O–H groups in total. The molecule has 0 aliphatic carbocycles. The Kier molecular flexibility index (Phi) is 3.59. The SMILES string of the molecule is Cc1ccc(NS(=O)(=O)c2c[nH]c(CN)c2)c(C)n1. The molecule has 0 atom stereocenters. The molecule has 2 rings (SSSR count). The van der Waals surface area contributed by atoms with Gasteiger partial charge in [0.1, 0.15) is 4.90 Å². The Labute approximate surface area is 112 Å². The number of sulfonamides is 1. The van der Waals surface area contributed by atoms with Gasteiger partial charge in [0.15, 0.2) is 0 Å². The molecule has 0 aliphatic heterocycles. The minimum atomic E-state index is -3.61. The monoisotopic (exact) mass is 280 g/mol. The van der Waals surface area contributed by atoms with E-state index < -0.39 is 10.0 Å². The van der Waals surface area contributed by atoms with Gasteiger partial charge in [-0.3, -0.25) is 9.71 Å². The molecule has 0 aromatic carbocycles. The molecule has 0 unspecified atom stereocenters. The van der Waals surface area contributed by atoms with Gasteiger partial charge in [0, 0.05) is 24.1 Å². The number of nitrogens with zero attached hydrogens (tertiary/aromatic N) is 1. The first-order valence-electron chi connectivity index (χ1n) is 5.77. The van der Waals surface area contributed by atoms with Crippen LogP contribution in [0.3, 0.4) is 0 Å². The Morgan fingerprint density at radius 1 is 1.37 bits per heavy atom. The van der Waals surface area contributed by atoms with Gasteiger partial charge in [-0.1, -0.05) is 0 Å². The van der Waals surface area contributed by atoms with E-state index >= 15 is 0 Å². The van der Waals surface area contributed by atoms with Crippen LogP contribution in [0.15, 0.2) is 29.3 Å². The van der Waals surface area contributed by atoms with E-state index in [0.29, 0.717) is 17.1 Å². The summed E-state index contributed by atoms with van der Waals surface area (Å²) >= 11 is 0. The number of H-pyrrole nitrogens is 1. The molecule has 0 aliphatic rings. The maximum atomic E-state index is 12.2. The lowest BCUT2D eigenvalue weighted by molar-refractivity contribution is 0.601. The summed E-state index contributed by atoms with van der Waals surface area (Å²) in [5.74, 6) is 0. The Hall–Kier alpha value is -1.86. The predicted molar refractivity (Wildman–Crippen MR) is 73.2 cm³/mol. The average Bonchev–Trinajstić information content (AvgIpc) is 2.82. The van der Waals surface area contributed by atoms with Crippen molar-refractivity contribution in [1.82, 2.24) is 9.97 Å². The van der Waals surface area contributed by atoms with E-state index in [1.807, 2.05) is 6.92 Å². The molecule has 0 saturated carbocycles. The van der Waals surface area contributed by atoms with E-state index in [1.54, 1.807) is 19.1 Å². The zero-order chi connectivity index (χ0) is 14.0. The van der Waals surface area contributed by atoms with Gasteiger partial charge in [-0.15, -0.1) is 0 Å². The van der Waals surface area contributed by atoms with E-state index in [2.05, 4.69) is 14.7 Å². The average molecular weight is 280 g/mol. The highest BCUT2D eigenvalue weighted by Gasteiger charge is 2.17. The maximum Gasteiger partial charge on any atom is 0.263 e. The van der Waals surface area contributed by atoms with Gasteiger partial charge in [0.25, 0.3) is 10.0 Å². The Morgan fingerprint density at radius 2 is 2.11 bits per heavy atom. The number of aromatic nitrogens is 2. The van der Waals surface area contributed by atoms with Crippen molar-refractivity contribution in [3.05, 3.63) is 41.5 Å². The maximum absolute atomic E-state index is 12.2. The second-order valence-corrected chi connectivity index (χ2v) is 5.94. The van der Waals surface area contributed by atoms with Crippen molar-refractivity contribution in [2.75, 3.05) is 4.72 Å². The van der Waals surface area contributed by atoms with Crippen molar-refractivity contribution in [3.8, 4) is 0 Å². The zero-order valence-electron chi connectivity index (χ0n) is 10.8. The van der Waals surface area contributed by atoms with Crippen LogP contribution in [0.25, 0.3) is 0 Å². The molecule has 0 bridgehead atoms. The molecule has 0 amide bonds. The molecule has 0 spiro atoms. The second kappa shape index (κ2) is 5.02.